The van der Waals surface area contributed by atoms with Crippen molar-refractivity contribution in [2.45, 2.75) is 182 Å². The van der Waals surface area contributed by atoms with Crippen LogP contribution in [-0.2, 0) is 39.3 Å². The van der Waals surface area contributed by atoms with Gasteiger partial charge in [0.2, 0.25) is 0 Å². The monoisotopic (exact) mass is 903 g/mol. The maximum absolute atomic E-state index is 5.15. The van der Waals surface area contributed by atoms with Crippen LogP contribution in [0, 0.1) is 13.8 Å². The molecule has 0 radical (unpaired) electrons. The van der Waals surface area contributed by atoms with Crippen molar-refractivity contribution >= 4 is 0 Å². The zero-order valence-corrected chi connectivity index (χ0v) is 41.7. The molecule has 0 saturated heterocycles. The van der Waals surface area contributed by atoms with E-state index >= 15 is 0 Å². The van der Waals surface area contributed by atoms with E-state index in [4.69, 9.17) is 21.3 Å². The van der Waals surface area contributed by atoms with Gasteiger partial charge in [-0.25, -0.2) is 0 Å². The average Bonchev–Trinajstić information content (AvgIpc) is 3.24. The molecule has 0 heterocycles. The van der Waals surface area contributed by atoms with E-state index in [1.54, 1.807) is 0 Å². The molecular weight excluding hydrogens is 824 g/mol. The summed E-state index contributed by atoms with van der Waals surface area (Å²) in [6, 6.07) is 43.6. The van der Waals surface area contributed by atoms with Crippen LogP contribution in [0.4, 0.5) is 0 Å². The maximum Gasteiger partial charge on any atom is 0.000655 e. The molecule has 0 spiro atoms. The van der Waals surface area contributed by atoms with Crippen LogP contribution in [0.3, 0.4) is 0 Å². The minimum Gasteiger partial charge on any atom is -0.663 e. The second-order valence-corrected chi connectivity index (χ2v) is 17.5. The summed E-state index contributed by atoms with van der Waals surface area (Å²) in [5.74, 6) is 0. The van der Waals surface area contributed by atoms with Crippen LogP contribution in [0.15, 0.2) is 121 Å². The van der Waals surface area contributed by atoms with Crippen LogP contribution in [-0.4, -0.2) is 58.6 Å². The molecule has 4 aromatic carbocycles. The smallest absolute Gasteiger partial charge is 0.000655 e. The maximum atomic E-state index is 5.15. The van der Waals surface area contributed by atoms with Gasteiger partial charge in [0.25, 0.3) is 0 Å². The standard InChI is InChI=1S/2C20H33N3.2C7H7.Zr/c2*1-16(2)23(17(3)4)20(22-19-13-9-6-10-14-19)21-15-18-11-7-5-8-12-18;2*1-7-5-3-2-4-6-7;/h2*5,7-8,11-12,16-17,19-20H,6,9-10,13-15H2,1-4H3;2*2-6H,1H2;/q2*-2;2*-1;. The molecule has 6 rings (SSSR count). The third kappa shape index (κ3) is 23.0. The first kappa shape index (κ1) is 54.4. The van der Waals surface area contributed by atoms with E-state index in [-0.39, 0.29) is 38.8 Å². The van der Waals surface area contributed by atoms with Gasteiger partial charge in [-0.15, -0.1) is 49.4 Å². The number of rotatable bonds is 16. The third-order valence-corrected chi connectivity index (χ3v) is 11.0. The van der Waals surface area contributed by atoms with Crippen LogP contribution >= 0.6 is 0 Å². The van der Waals surface area contributed by atoms with Crippen LogP contribution in [0.1, 0.15) is 142 Å². The van der Waals surface area contributed by atoms with Crippen molar-refractivity contribution in [3.05, 3.63) is 179 Å². The minimum atomic E-state index is -0.0155. The summed E-state index contributed by atoms with van der Waals surface area (Å²) in [4.78, 5) is 4.88. The quantitative estimate of drug-likeness (QED) is 0.105. The topological polar surface area (TPSA) is 62.9 Å². The summed E-state index contributed by atoms with van der Waals surface area (Å²) in [5.41, 5.74) is 4.68. The molecule has 336 valence electrons. The fourth-order valence-corrected chi connectivity index (χ4v) is 8.03. The van der Waals surface area contributed by atoms with Crippen LogP contribution < -0.4 is 0 Å². The average molecular weight is 904 g/mol. The third-order valence-electron chi connectivity index (χ3n) is 11.0. The normalized spacial score (nSPS) is 15.6. The van der Waals surface area contributed by atoms with Crippen molar-refractivity contribution in [2.24, 2.45) is 0 Å². The Balaban J connectivity index is 0.000000315. The van der Waals surface area contributed by atoms with Gasteiger partial charge in [0, 0.05) is 50.4 Å². The van der Waals surface area contributed by atoms with Crippen molar-refractivity contribution in [1.29, 1.82) is 0 Å². The Morgan fingerprint density at radius 2 is 0.689 bits per heavy atom. The summed E-state index contributed by atoms with van der Waals surface area (Å²) in [5, 5.41) is 20.3. The van der Waals surface area contributed by atoms with Gasteiger partial charge in [-0.2, -0.15) is 61.8 Å². The van der Waals surface area contributed by atoms with Crippen molar-refractivity contribution in [3.8, 4) is 0 Å². The predicted molar refractivity (Wildman–Crippen MR) is 261 cm³/mol. The largest absolute Gasteiger partial charge is 0.663 e. The van der Waals surface area contributed by atoms with Crippen molar-refractivity contribution in [3.63, 3.8) is 0 Å². The van der Waals surface area contributed by atoms with Gasteiger partial charge in [-0.3, -0.25) is 0 Å². The number of nitrogens with zero attached hydrogens (tertiary/aromatic N) is 6. The summed E-state index contributed by atoms with van der Waals surface area (Å²) >= 11 is 0. The number of hydrogen-bond acceptors (Lipinski definition) is 2. The molecule has 2 fully saturated rings. The van der Waals surface area contributed by atoms with E-state index in [9.17, 15) is 0 Å². The van der Waals surface area contributed by atoms with Gasteiger partial charge in [0.05, 0.1) is 0 Å². The molecule has 2 aliphatic rings. The van der Waals surface area contributed by atoms with E-state index < -0.39 is 0 Å². The molecule has 0 N–H and O–H groups in total. The zero-order valence-electron chi connectivity index (χ0n) is 39.2. The molecule has 61 heavy (non-hydrogen) atoms. The molecule has 0 bridgehead atoms. The Kier molecular flexibility index (Phi) is 28.5. The molecule has 0 amide bonds. The first-order chi connectivity index (χ1) is 28.9. The summed E-state index contributed by atoms with van der Waals surface area (Å²) in [6.07, 6.45) is 13.0. The number of benzene rings is 4. The SMILES string of the molecule is CC(C)N(C(C)C)C([N-]Cc1ccccc1)[N-]C1CCCCC1.CC(C)N(C(C)C)C([N-]Cc1ccccc1)[N-]C1CCCCC1.[CH2-]c1ccccc1.[CH2-]c1ccccc1.[Zr]. The molecule has 2 atom stereocenters. The van der Waals surface area contributed by atoms with Crippen LogP contribution in [0.25, 0.3) is 21.3 Å². The molecule has 6 nitrogen and oxygen atoms in total. The van der Waals surface area contributed by atoms with Gasteiger partial charge in [0.1, 0.15) is 0 Å². The first-order valence-corrected chi connectivity index (χ1v) is 23.0. The Bertz CT molecular complexity index is 1440. The Hall–Kier alpha value is -2.74. The Morgan fingerprint density at radius 1 is 0.426 bits per heavy atom. The minimum absolute atomic E-state index is 0. The number of hydrogen-bond donors (Lipinski definition) is 0. The summed E-state index contributed by atoms with van der Waals surface area (Å²) in [6.45, 7) is 26.9. The summed E-state index contributed by atoms with van der Waals surface area (Å²) < 4.78 is 0. The van der Waals surface area contributed by atoms with Crippen LogP contribution in [0.2, 0.25) is 0 Å². The van der Waals surface area contributed by atoms with Gasteiger partial charge in [0.15, 0.2) is 0 Å². The molecule has 2 saturated carbocycles. The summed E-state index contributed by atoms with van der Waals surface area (Å²) in [7, 11) is 0. The van der Waals surface area contributed by atoms with Crippen molar-refractivity contribution < 1.29 is 26.2 Å². The van der Waals surface area contributed by atoms with E-state index in [0.29, 0.717) is 36.3 Å². The van der Waals surface area contributed by atoms with E-state index in [2.05, 4.69) is 140 Å². The Morgan fingerprint density at radius 3 is 0.918 bits per heavy atom. The van der Waals surface area contributed by atoms with Gasteiger partial charge < -0.3 is 31.1 Å². The second kappa shape index (κ2) is 32.0. The van der Waals surface area contributed by atoms with Gasteiger partial charge in [-0.05, 0) is 55.4 Å². The molecule has 4 aromatic rings. The van der Waals surface area contributed by atoms with E-state index in [1.807, 2.05) is 60.7 Å². The fourth-order valence-electron chi connectivity index (χ4n) is 8.03. The molecule has 2 aliphatic carbocycles. The zero-order chi connectivity index (χ0) is 43.5. The molecule has 2 unspecified atom stereocenters. The molecule has 7 heteroatoms. The second-order valence-electron chi connectivity index (χ2n) is 17.5. The van der Waals surface area contributed by atoms with Crippen LogP contribution in [0.5, 0.6) is 0 Å². The van der Waals surface area contributed by atoms with Gasteiger partial charge >= 0.3 is 0 Å². The first-order valence-electron chi connectivity index (χ1n) is 23.0. The predicted octanol–water partition coefficient (Wildman–Crippen LogP) is 15.1. The van der Waals surface area contributed by atoms with E-state index in [1.165, 1.54) is 75.3 Å². The van der Waals surface area contributed by atoms with Gasteiger partial charge in [-0.1, -0.05) is 148 Å². The van der Waals surface area contributed by atoms with E-state index in [0.717, 1.165) is 24.2 Å². The molecular formula is C54H80N6Zr-6. The molecule has 0 aromatic heterocycles. The van der Waals surface area contributed by atoms with Crippen molar-refractivity contribution in [1.82, 2.24) is 9.80 Å². The Labute approximate surface area is 394 Å². The molecule has 0 aliphatic heterocycles. The fraction of sp³-hybridized carbons (Fsp3) is 0.519. The van der Waals surface area contributed by atoms with Crippen molar-refractivity contribution in [2.75, 3.05) is 0 Å².